The van der Waals surface area contributed by atoms with Gasteiger partial charge >= 0.3 is 12.1 Å². The molecule has 2 aromatic carbocycles. The van der Waals surface area contributed by atoms with Crippen molar-refractivity contribution in [2.24, 2.45) is 0 Å². The molecule has 1 unspecified atom stereocenters. The van der Waals surface area contributed by atoms with Gasteiger partial charge in [0.1, 0.15) is 11.9 Å². The molecule has 0 bridgehead atoms. The summed E-state index contributed by atoms with van der Waals surface area (Å²) in [5.41, 5.74) is 1.68. The standard InChI is InChI=1S/C20H20FNO4S/c1-25-19(23)10-6-15-12-22(20(24)26-15)14-5-9-17(18(21)11-14)13-3-7-16(27-2)8-4-13/h3-5,7-9,11,15H,6,10,12H2,1-2H3. The average molecular weight is 389 g/mol. The maximum atomic E-state index is 14.7. The molecule has 0 saturated carbocycles. The molecule has 5 nitrogen and oxygen atoms in total. The van der Waals surface area contributed by atoms with Crippen molar-refractivity contribution >= 4 is 29.5 Å². The highest BCUT2D eigenvalue weighted by Crippen LogP contribution is 2.30. The smallest absolute Gasteiger partial charge is 0.414 e. The second kappa shape index (κ2) is 8.43. The van der Waals surface area contributed by atoms with Crippen molar-refractivity contribution in [1.29, 1.82) is 0 Å². The zero-order valence-electron chi connectivity index (χ0n) is 15.1. The van der Waals surface area contributed by atoms with Gasteiger partial charge in [0.15, 0.2) is 0 Å². The van der Waals surface area contributed by atoms with Crippen molar-refractivity contribution < 1.29 is 23.5 Å². The van der Waals surface area contributed by atoms with Gasteiger partial charge in [-0.25, -0.2) is 9.18 Å². The zero-order valence-corrected chi connectivity index (χ0v) is 15.9. The van der Waals surface area contributed by atoms with Gasteiger partial charge in [0, 0.05) is 16.9 Å². The number of cyclic esters (lactones) is 1. The molecule has 1 fully saturated rings. The summed E-state index contributed by atoms with van der Waals surface area (Å²) in [7, 11) is 1.31. The van der Waals surface area contributed by atoms with Crippen LogP contribution in [0.15, 0.2) is 47.4 Å². The lowest BCUT2D eigenvalue weighted by Gasteiger charge is -2.14. The molecule has 27 heavy (non-hydrogen) atoms. The third kappa shape index (κ3) is 4.42. The first kappa shape index (κ1) is 19.2. The Morgan fingerprint density at radius 1 is 1.30 bits per heavy atom. The Kier molecular flexibility index (Phi) is 6.01. The molecule has 0 aliphatic carbocycles. The molecule has 0 spiro atoms. The minimum atomic E-state index is -0.540. The van der Waals surface area contributed by atoms with Gasteiger partial charge in [-0.05, 0) is 48.6 Å². The quantitative estimate of drug-likeness (QED) is 0.538. The molecule has 7 heteroatoms. The summed E-state index contributed by atoms with van der Waals surface area (Å²) < 4.78 is 24.5. The van der Waals surface area contributed by atoms with E-state index in [1.54, 1.807) is 23.9 Å². The van der Waals surface area contributed by atoms with Crippen LogP contribution in [0.2, 0.25) is 0 Å². The number of benzene rings is 2. The minimum Gasteiger partial charge on any atom is -0.469 e. The molecular formula is C20H20FNO4S. The maximum Gasteiger partial charge on any atom is 0.414 e. The molecule has 1 amide bonds. The summed E-state index contributed by atoms with van der Waals surface area (Å²) in [6, 6.07) is 12.3. The van der Waals surface area contributed by atoms with E-state index in [4.69, 9.17) is 4.74 Å². The van der Waals surface area contributed by atoms with E-state index in [0.717, 1.165) is 10.5 Å². The third-order valence-corrected chi connectivity index (χ3v) is 5.18. The van der Waals surface area contributed by atoms with E-state index >= 15 is 0 Å². The molecule has 0 N–H and O–H groups in total. The summed E-state index contributed by atoms with van der Waals surface area (Å²) in [6.07, 6.45) is 1.57. The predicted molar refractivity (Wildman–Crippen MR) is 102 cm³/mol. The maximum absolute atomic E-state index is 14.7. The normalized spacial score (nSPS) is 16.3. The van der Waals surface area contributed by atoms with Crippen molar-refractivity contribution in [2.45, 2.75) is 23.8 Å². The van der Waals surface area contributed by atoms with E-state index in [1.165, 1.54) is 18.1 Å². The molecule has 1 aliphatic rings. The summed E-state index contributed by atoms with van der Waals surface area (Å²) in [5, 5.41) is 0. The van der Waals surface area contributed by atoms with Crippen LogP contribution in [-0.2, 0) is 14.3 Å². The van der Waals surface area contributed by atoms with Gasteiger partial charge in [-0.1, -0.05) is 12.1 Å². The number of hydrogen-bond acceptors (Lipinski definition) is 5. The highest BCUT2D eigenvalue weighted by molar-refractivity contribution is 7.98. The zero-order chi connectivity index (χ0) is 19.4. The molecular weight excluding hydrogens is 369 g/mol. The molecule has 142 valence electrons. The molecule has 0 aromatic heterocycles. The van der Waals surface area contributed by atoms with Gasteiger partial charge in [-0.15, -0.1) is 11.8 Å². The van der Waals surface area contributed by atoms with Crippen LogP contribution in [0.3, 0.4) is 0 Å². The number of anilines is 1. The van der Waals surface area contributed by atoms with Gasteiger partial charge in [0.2, 0.25) is 0 Å². The fourth-order valence-electron chi connectivity index (χ4n) is 2.94. The number of halogens is 1. The van der Waals surface area contributed by atoms with E-state index in [2.05, 4.69) is 4.74 Å². The lowest BCUT2D eigenvalue weighted by atomic mass is 10.0. The first-order valence-electron chi connectivity index (χ1n) is 8.50. The number of carbonyl (C=O) groups excluding carboxylic acids is 2. The molecule has 2 aromatic rings. The highest BCUT2D eigenvalue weighted by atomic mass is 32.2. The molecule has 1 aliphatic heterocycles. The first-order valence-corrected chi connectivity index (χ1v) is 9.73. The Hall–Kier alpha value is -2.54. The van der Waals surface area contributed by atoms with E-state index < -0.39 is 18.0 Å². The van der Waals surface area contributed by atoms with Crippen LogP contribution in [0.25, 0.3) is 11.1 Å². The number of amides is 1. The van der Waals surface area contributed by atoms with Gasteiger partial charge in [0.05, 0.1) is 19.3 Å². The van der Waals surface area contributed by atoms with Crippen LogP contribution in [-0.4, -0.2) is 38.1 Å². The Morgan fingerprint density at radius 3 is 2.67 bits per heavy atom. The SMILES string of the molecule is COC(=O)CCC1CN(c2ccc(-c3ccc(SC)cc3)c(F)c2)C(=O)O1. The Balaban J connectivity index is 1.73. The predicted octanol–water partition coefficient (Wildman–Crippen LogP) is 4.49. The monoisotopic (exact) mass is 389 g/mol. The fraction of sp³-hybridized carbons (Fsp3) is 0.300. The lowest BCUT2D eigenvalue weighted by molar-refractivity contribution is -0.141. The van der Waals surface area contributed by atoms with Crippen LogP contribution in [0, 0.1) is 5.82 Å². The number of hydrogen-bond donors (Lipinski definition) is 0. The molecule has 1 saturated heterocycles. The third-order valence-electron chi connectivity index (χ3n) is 4.44. The fourth-order valence-corrected chi connectivity index (χ4v) is 3.35. The number of ether oxygens (including phenoxy) is 2. The summed E-state index contributed by atoms with van der Waals surface area (Å²) in [6.45, 7) is 0.275. The van der Waals surface area contributed by atoms with Crippen molar-refractivity contribution in [3.05, 3.63) is 48.3 Å². The van der Waals surface area contributed by atoms with Gasteiger partial charge in [0.25, 0.3) is 0 Å². The highest BCUT2D eigenvalue weighted by Gasteiger charge is 2.32. The molecule has 1 heterocycles. The second-order valence-electron chi connectivity index (χ2n) is 6.12. The second-order valence-corrected chi connectivity index (χ2v) is 7.00. The number of thioether (sulfide) groups is 1. The van der Waals surface area contributed by atoms with E-state index in [1.807, 2.05) is 30.5 Å². The van der Waals surface area contributed by atoms with Crippen molar-refractivity contribution in [3.8, 4) is 11.1 Å². The van der Waals surface area contributed by atoms with Crippen molar-refractivity contribution in [2.75, 3.05) is 24.8 Å². The Bertz CT molecular complexity index is 840. The first-order chi connectivity index (χ1) is 13.0. The number of methoxy groups -OCH3 is 1. The van der Waals surface area contributed by atoms with Crippen LogP contribution in [0.1, 0.15) is 12.8 Å². The van der Waals surface area contributed by atoms with Crippen LogP contribution in [0.5, 0.6) is 0 Å². The lowest BCUT2D eigenvalue weighted by Crippen LogP contribution is -2.24. The van der Waals surface area contributed by atoms with E-state index in [0.29, 0.717) is 17.7 Å². The number of rotatable bonds is 6. The van der Waals surface area contributed by atoms with Crippen LogP contribution in [0.4, 0.5) is 14.9 Å². The summed E-state index contributed by atoms with van der Waals surface area (Å²) in [5.74, 6) is -0.761. The van der Waals surface area contributed by atoms with Gasteiger partial charge in [-0.3, -0.25) is 9.69 Å². The van der Waals surface area contributed by atoms with E-state index in [-0.39, 0.29) is 18.9 Å². The van der Waals surface area contributed by atoms with Crippen molar-refractivity contribution in [1.82, 2.24) is 0 Å². The average Bonchev–Trinajstić information content (AvgIpc) is 3.06. The van der Waals surface area contributed by atoms with Gasteiger partial charge < -0.3 is 9.47 Å². The minimum absolute atomic E-state index is 0.168. The van der Waals surface area contributed by atoms with Crippen LogP contribution < -0.4 is 4.90 Å². The summed E-state index contributed by atoms with van der Waals surface area (Å²) >= 11 is 1.62. The van der Waals surface area contributed by atoms with Crippen molar-refractivity contribution in [3.63, 3.8) is 0 Å². The summed E-state index contributed by atoms with van der Waals surface area (Å²) in [4.78, 5) is 25.8. The topological polar surface area (TPSA) is 55.8 Å². The number of carbonyl (C=O) groups is 2. The Morgan fingerprint density at radius 2 is 2.04 bits per heavy atom. The Labute approximate surface area is 161 Å². The van der Waals surface area contributed by atoms with E-state index in [9.17, 15) is 14.0 Å². The van der Waals surface area contributed by atoms with Gasteiger partial charge in [-0.2, -0.15) is 0 Å². The van der Waals surface area contributed by atoms with Crippen LogP contribution >= 0.6 is 11.8 Å². The largest absolute Gasteiger partial charge is 0.469 e. The number of esters is 1. The molecule has 1 atom stereocenters. The number of nitrogens with zero attached hydrogens (tertiary/aromatic N) is 1. The molecule has 3 rings (SSSR count). The molecule has 0 radical (unpaired) electrons.